The molecule has 4 aromatic rings. The lowest BCUT2D eigenvalue weighted by atomic mass is 10.1. The monoisotopic (exact) mass is 1930 g/mol. The number of carbonyl (C=O) groups is 4. The Morgan fingerprint density at radius 1 is 0.478 bits per heavy atom. The van der Waals surface area contributed by atoms with Gasteiger partial charge in [-0.25, -0.2) is 27.2 Å². The summed E-state index contributed by atoms with van der Waals surface area (Å²) in [5, 5.41) is 18.0. The Kier molecular flexibility index (Phi) is 65.9. The van der Waals surface area contributed by atoms with Crippen LogP contribution in [0.2, 0.25) is 0 Å². The number of rotatable bonds is 15. The lowest BCUT2D eigenvalue weighted by molar-refractivity contribution is -0.141. The molecule has 516 valence electrons. The van der Waals surface area contributed by atoms with E-state index in [9.17, 15) is 36.7 Å². The molecule has 53 heteroatoms. The smallest absolute Gasteiger partial charge is 0.493 e. The first-order valence-electron chi connectivity index (χ1n) is 22.1. The zero-order valence-electron chi connectivity index (χ0n) is 46.0. The number of nitrogens with zero attached hydrogens (tertiary/aromatic N) is 1. The van der Waals surface area contributed by atoms with Crippen molar-refractivity contribution in [3.63, 3.8) is 0 Å². The highest BCUT2D eigenvalue weighted by molar-refractivity contribution is 8.80. The van der Waals surface area contributed by atoms with Crippen molar-refractivity contribution in [2.24, 2.45) is 0 Å². The topological polar surface area (TPSA) is 167 Å². The number of methoxy groups -OCH3 is 5. The van der Waals surface area contributed by atoms with Gasteiger partial charge < -0.3 is 43.5 Å². The quantitative estimate of drug-likeness (QED) is 0.0499. The van der Waals surface area contributed by atoms with Crippen molar-refractivity contribution >= 4 is 380 Å². The van der Waals surface area contributed by atoms with Crippen LogP contribution in [0, 0.1) is 0 Å². The average Bonchev–Trinajstić information content (AvgIpc) is 1.81. The van der Waals surface area contributed by atoms with Gasteiger partial charge in [0.2, 0.25) is 0 Å². The van der Waals surface area contributed by atoms with Crippen LogP contribution in [0.15, 0.2) is 36.4 Å². The third kappa shape index (κ3) is 48.4. The van der Waals surface area contributed by atoms with E-state index in [1.807, 2.05) is 133 Å². The number of thiophene rings is 2. The number of carboxylic acid groups (broad SMARTS) is 2. The molecule has 0 aliphatic rings. The van der Waals surface area contributed by atoms with E-state index in [0.717, 1.165) is 22.7 Å². The standard InChI is InChI=1S/C15H14F2O6S.C14H14F2O4S.C6H15N.C2H3ClO2.S31.S2/c1-21-9-5-8-6-12(24-11(8)7-10(9)22-2)15(16,17)4-3-13(18)23-14(19)20;1-19-9-5-8-6-12(14(15,16)4-3-13(17)18)21-11(8)7-10(9)20-2;1-4-7(5-2)6-3;1-5-2(3)4;1-3-5-7-9-11-13-15-17-19-21-23-25-27-29-31-30-28-26-24-22-20-18-16-14-12-10-8-6-4-2;1-2/h5-7H,3-4H2,1-2H3,(H,19,20);5-7H,3-4H2,1-2H3,(H,17,18);4-6H2,1-3H3;1H3;;. The van der Waals surface area contributed by atoms with E-state index in [4.69, 9.17) is 51.5 Å². The predicted molar refractivity (Wildman–Crippen MR) is 453 cm³/mol. The van der Waals surface area contributed by atoms with E-state index >= 15 is 0 Å². The molecule has 0 bridgehead atoms. The highest BCUT2D eigenvalue weighted by Crippen LogP contribution is 2.44. The Morgan fingerprint density at radius 2 is 0.733 bits per heavy atom. The molecule has 0 unspecified atom stereocenters. The van der Waals surface area contributed by atoms with Crippen LogP contribution in [0.4, 0.5) is 27.2 Å². The van der Waals surface area contributed by atoms with Crippen molar-refractivity contribution < 1.29 is 75.4 Å². The van der Waals surface area contributed by atoms with Gasteiger partial charge in [-0.1, -0.05) is 20.8 Å². The molecule has 2 aromatic heterocycles. The van der Waals surface area contributed by atoms with Crippen molar-refractivity contribution in [2.75, 3.05) is 55.2 Å². The van der Waals surface area contributed by atoms with Gasteiger partial charge in [0.1, 0.15) is 0 Å². The number of aliphatic carboxylic acids is 1. The summed E-state index contributed by atoms with van der Waals surface area (Å²) in [7, 11) is 58.0. The highest BCUT2D eigenvalue weighted by atomic mass is 35.5. The summed E-state index contributed by atoms with van der Waals surface area (Å²) in [5.74, 6) is -7.14. The first-order valence-corrected chi connectivity index (χ1v) is 65.5. The molecule has 2 heterocycles. The number of carbonyl (C=O) groups excluding carboxylic acids is 2. The Balaban J connectivity index is 0. The third-order valence-corrected chi connectivity index (χ3v) is 73.3. The van der Waals surface area contributed by atoms with Gasteiger partial charge >= 0.3 is 23.5 Å². The number of ether oxygens (including phenoxy) is 6. The zero-order valence-corrected chi connectivity index (χ0v) is 75.3. The van der Waals surface area contributed by atoms with E-state index in [2.05, 4.69) is 69.1 Å². The molecule has 2 aromatic carbocycles. The lowest BCUT2D eigenvalue weighted by Gasteiger charge is -2.13. The van der Waals surface area contributed by atoms with Crippen molar-refractivity contribution in [3.05, 3.63) is 46.2 Å². The Morgan fingerprint density at radius 3 is 0.944 bits per heavy atom. The second kappa shape index (κ2) is 62.7. The average molecular weight is 1930 g/mol. The molecule has 0 radical (unpaired) electrons. The second-order valence-corrected chi connectivity index (χ2v) is 67.1. The minimum Gasteiger partial charge on any atom is -0.493 e. The van der Waals surface area contributed by atoms with Gasteiger partial charge in [-0.15, -0.1) is 22.7 Å². The van der Waals surface area contributed by atoms with E-state index in [-0.39, 0.29) is 9.75 Å². The molecular weight excluding hydrogens is 1880 g/mol. The molecule has 0 saturated heterocycles. The van der Waals surface area contributed by atoms with Crippen molar-refractivity contribution in [3.8, 4) is 23.0 Å². The van der Waals surface area contributed by atoms with Crippen LogP contribution in [0.1, 0.15) is 56.2 Å². The minimum absolute atomic E-state index is 0.158. The van der Waals surface area contributed by atoms with Gasteiger partial charge in [0, 0.05) is 348 Å². The van der Waals surface area contributed by atoms with Gasteiger partial charge in [-0.05, 0) is 54.7 Å². The van der Waals surface area contributed by atoms with Crippen LogP contribution >= 0.6 is 34.3 Å². The van der Waals surface area contributed by atoms with Crippen LogP contribution < -0.4 is 18.9 Å². The number of hydrogen-bond acceptors (Lipinski definition) is 17. The normalized spacial score (nSPS) is 9.58. The molecule has 13 nitrogen and oxygen atoms in total. The van der Waals surface area contributed by atoms with E-state index in [1.165, 1.54) is 85.1 Å². The van der Waals surface area contributed by atoms with Crippen molar-refractivity contribution in [1.29, 1.82) is 0 Å². The molecule has 4 rings (SSSR count). The fraction of sp³-hybridized carbons (Fsp3) is 0.459. The Labute approximate surface area is 632 Å². The summed E-state index contributed by atoms with van der Waals surface area (Å²) >= 11 is 23.3. The highest BCUT2D eigenvalue weighted by Gasteiger charge is 2.36. The summed E-state index contributed by atoms with van der Waals surface area (Å²) in [4.78, 5) is 43.1. The predicted octanol–water partition coefficient (Wildman–Crippen LogP) is 10.1. The fourth-order valence-corrected chi connectivity index (χ4v) is 81.2. The van der Waals surface area contributed by atoms with Crippen LogP contribution in [-0.4, -0.2) is 93.8 Å². The third-order valence-electron chi connectivity index (χ3n) is 8.54. The van der Waals surface area contributed by atoms with Gasteiger partial charge in [-0.3, -0.25) is 9.59 Å². The van der Waals surface area contributed by atoms with Gasteiger partial charge in [0.15, 0.2) is 23.0 Å². The number of benzene rings is 2. The van der Waals surface area contributed by atoms with Crippen molar-refractivity contribution in [1.82, 2.24) is 4.90 Å². The second-order valence-electron chi connectivity index (χ2n) is 13.3. The summed E-state index contributed by atoms with van der Waals surface area (Å²) in [6.07, 6.45) is -4.66. The van der Waals surface area contributed by atoms with Crippen LogP contribution in [-0.2, 0) is 333 Å². The maximum Gasteiger partial charge on any atom is 0.513 e. The molecule has 0 aliphatic heterocycles. The van der Waals surface area contributed by atoms with Crippen molar-refractivity contribution in [2.45, 2.75) is 58.3 Å². The molecule has 0 amide bonds. The molecule has 0 saturated carbocycles. The van der Waals surface area contributed by atoms with E-state index < -0.39 is 61.1 Å². The van der Waals surface area contributed by atoms with E-state index in [1.54, 1.807) is 131 Å². The molecule has 2 N–H and O–H groups in total. The lowest BCUT2D eigenvalue weighted by Crippen LogP contribution is -2.21. The maximum absolute atomic E-state index is 14.2. The number of hydrogen-bond donors (Lipinski definition) is 2. The summed E-state index contributed by atoms with van der Waals surface area (Å²) < 4.78 is 85.9. The molecule has 0 fully saturated rings. The molecule has 0 atom stereocenters. The molecule has 0 spiro atoms. The number of fused-ring (bicyclic) bond motifs is 2. The Bertz CT molecular complexity index is 4210. The summed E-state index contributed by atoms with van der Waals surface area (Å²) in [6, 6.07) is 9.12. The van der Waals surface area contributed by atoms with Gasteiger partial charge in [0.05, 0.1) is 58.1 Å². The first kappa shape index (κ1) is 94.7. The van der Waals surface area contributed by atoms with Crippen LogP contribution in [0.3, 0.4) is 0 Å². The molecule has 90 heavy (non-hydrogen) atoms. The number of halogens is 5. The van der Waals surface area contributed by atoms with Crippen LogP contribution in [0.5, 0.6) is 23.0 Å². The number of carboxylic acids is 1. The van der Waals surface area contributed by atoms with E-state index in [0.29, 0.717) is 43.2 Å². The van der Waals surface area contributed by atoms with Gasteiger partial charge in [-0.2, -0.15) is 0 Å². The fourth-order valence-electron chi connectivity index (χ4n) is 4.99. The first-order chi connectivity index (χ1) is 43.2. The van der Waals surface area contributed by atoms with Gasteiger partial charge in [0.25, 0.3) is 11.8 Å². The largest absolute Gasteiger partial charge is 0.513 e. The summed E-state index contributed by atoms with van der Waals surface area (Å²) in [6.45, 7) is 10.1. The maximum atomic E-state index is 14.2. The minimum atomic E-state index is -3.29. The Hall–Kier alpha value is 2.67. The number of alkyl halides is 4. The summed E-state index contributed by atoms with van der Waals surface area (Å²) in [5.41, 5.74) is -0.773. The molecular formula is C37H46ClF4NO12S35. The molecule has 0 aliphatic carbocycles. The number of esters is 1. The zero-order chi connectivity index (χ0) is 68.0. The van der Waals surface area contributed by atoms with Crippen LogP contribution in [0.25, 0.3) is 20.2 Å². The SMILES string of the molecule is CCN(CC)CC.COC(=O)Cl.COc1cc2cc(C(F)(F)CCC(=O)O)sc2cc1OC.COc1cc2cc(C(F)(F)CCC(=O)OC(=O)O)sc2cc1OC.S=S.S=S=S=S=S=S=S=S=S=S=S=S=S=S=S=S=S=S=S=S=S=S=S=S=S=S=S=S=S=S=S.